The number of anilines is 1. The second-order valence-electron chi connectivity index (χ2n) is 9.41. The van der Waals surface area contributed by atoms with Gasteiger partial charge in [0, 0.05) is 23.9 Å². The minimum Gasteiger partial charge on any atom is -0.452 e. The topological polar surface area (TPSA) is 85.4 Å². The van der Waals surface area contributed by atoms with Crippen LogP contribution in [0.1, 0.15) is 49.6 Å². The van der Waals surface area contributed by atoms with Crippen molar-refractivity contribution in [2.24, 2.45) is 17.8 Å². The van der Waals surface area contributed by atoms with Crippen molar-refractivity contribution in [3.05, 3.63) is 59.1 Å². The van der Waals surface area contributed by atoms with Gasteiger partial charge in [-0.05, 0) is 62.4 Å². The van der Waals surface area contributed by atoms with Crippen LogP contribution in [0.2, 0.25) is 0 Å². The van der Waals surface area contributed by atoms with E-state index in [1.165, 1.54) is 4.70 Å². The van der Waals surface area contributed by atoms with Crippen LogP contribution in [0.25, 0.3) is 10.2 Å². The number of carbonyl (C=O) groups excluding carboxylic acids is 3. The van der Waals surface area contributed by atoms with E-state index in [1.807, 2.05) is 42.5 Å². The highest BCUT2D eigenvalue weighted by Crippen LogP contribution is 2.40. The van der Waals surface area contributed by atoms with Crippen LogP contribution >= 0.6 is 11.3 Å². The summed E-state index contributed by atoms with van der Waals surface area (Å²) < 4.78 is 6.66. The molecule has 1 heterocycles. The Balaban J connectivity index is 1.14. The number of nitrogens with one attached hydrogen (secondary N) is 1. The van der Waals surface area contributed by atoms with Gasteiger partial charge in [0.05, 0.1) is 21.1 Å². The third kappa shape index (κ3) is 4.89. The predicted octanol–water partition coefficient (Wildman–Crippen LogP) is 5.15. The van der Waals surface area contributed by atoms with Crippen LogP contribution in [0.4, 0.5) is 5.69 Å². The molecule has 2 fully saturated rings. The van der Waals surface area contributed by atoms with Crippen LogP contribution in [0, 0.1) is 17.8 Å². The molecular weight excluding hydrogens is 448 g/mol. The Hall–Kier alpha value is -3.06. The third-order valence-corrected chi connectivity index (χ3v) is 7.99. The lowest BCUT2D eigenvalue weighted by molar-refractivity contribution is -0.161. The highest BCUT2D eigenvalue weighted by atomic mass is 32.1. The fourth-order valence-electron chi connectivity index (χ4n) is 5.12. The number of esters is 1. The maximum Gasteiger partial charge on any atom is 0.309 e. The number of amides is 1. The van der Waals surface area contributed by atoms with Gasteiger partial charge in [0.1, 0.15) is 5.78 Å². The van der Waals surface area contributed by atoms with Crippen molar-refractivity contribution in [3.63, 3.8) is 0 Å². The summed E-state index contributed by atoms with van der Waals surface area (Å²) in [7, 11) is 0. The van der Waals surface area contributed by atoms with Gasteiger partial charge in [-0.15, -0.1) is 11.3 Å². The summed E-state index contributed by atoms with van der Waals surface area (Å²) in [6, 6.07) is 15.7. The van der Waals surface area contributed by atoms with Gasteiger partial charge < -0.3 is 10.1 Å². The Bertz CT molecular complexity index is 1170. The molecule has 0 aliphatic heterocycles. The quantitative estimate of drug-likeness (QED) is 0.497. The molecule has 7 heteroatoms. The predicted molar refractivity (Wildman–Crippen MR) is 132 cm³/mol. The summed E-state index contributed by atoms with van der Waals surface area (Å²) in [6.07, 6.45) is 3.73. The van der Waals surface area contributed by atoms with Crippen LogP contribution in [0.5, 0.6) is 0 Å². The van der Waals surface area contributed by atoms with E-state index in [0.717, 1.165) is 41.8 Å². The lowest BCUT2D eigenvalue weighted by Crippen LogP contribution is -2.41. The fourth-order valence-corrected chi connectivity index (χ4v) is 6.12. The Morgan fingerprint density at radius 1 is 1.09 bits per heavy atom. The molecule has 2 aliphatic carbocycles. The zero-order valence-electron chi connectivity index (χ0n) is 19.2. The summed E-state index contributed by atoms with van der Waals surface area (Å²) in [4.78, 5) is 42.2. The molecule has 0 radical (unpaired) electrons. The van der Waals surface area contributed by atoms with E-state index in [0.29, 0.717) is 24.3 Å². The van der Waals surface area contributed by atoms with Crippen LogP contribution in [-0.4, -0.2) is 28.7 Å². The highest BCUT2D eigenvalue weighted by molar-refractivity contribution is 7.18. The number of carbonyl (C=O) groups is 3. The molecule has 1 unspecified atom stereocenters. The Morgan fingerprint density at radius 3 is 2.50 bits per heavy atom. The van der Waals surface area contributed by atoms with Gasteiger partial charge in [-0.25, -0.2) is 4.98 Å². The largest absolute Gasteiger partial charge is 0.452 e. The number of para-hydroxylation sites is 1. The maximum absolute atomic E-state index is 12.7. The number of ketones is 1. The highest BCUT2D eigenvalue weighted by Gasteiger charge is 2.42. The van der Waals surface area contributed by atoms with Crippen molar-refractivity contribution in [3.8, 4) is 0 Å². The second kappa shape index (κ2) is 9.66. The number of fused-ring (bicyclic) bond motifs is 3. The molecule has 1 aromatic heterocycles. The minimum atomic E-state index is -0.896. The molecule has 176 valence electrons. The number of aromatic nitrogens is 1. The number of thiazole rings is 1. The molecule has 34 heavy (non-hydrogen) atoms. The zero-order chi connectivity index (χ0) is 23.7. The third-order valence-electron chi connectivity index (χ3n) is 6.96. The van der Waals surface area contributed by atoms with Gasteiger partial charge in [0.2, 0.25) is 0 Å². The van der Waals surface area contributed by atoms with Crippen molar-refractivity contribution >= 4 is 44.9 Å². The number of Topliss-reactive ketones (excluding diaryl/α,β-unsaturated/α-hetero) is 1. The summed E-state index contributed by atoms with van der Waals surface area (Å²) in [5.74, 6) is -0.735. The number of ether oxygens (including phenoxy) is 1. The zero-order valence-corrected chi connectivity index (χ0v) is 20.0. The molecule has 2 aromatic carbocycles. The number of benzene rings is 2. The van der Waals surface area contributed by atoms with Crippen molar-refractivity contribution in [2.45, 2.75) is 51.6 Å². The Morgan fingerprint density at radius 2 is 1.79 bits per heavy atom. The lowest BCUT2D eigenvalue weighted by Gasteiger charge is -2.36. The number of hydrogen-bond acceptors (Lipinski definition) is 6. The van der Waals surface area contributed by atoms with Crippen molar-refractivity contribution in [2.75, 3.05) is 5.32 Å². The van der Waals surface area contributed by atoms with Gasteiger partial charge in [-0.3, -0.25) is 14.4 Å². The Labute approximate surface area is 202 Å². The van der Waals surface area contributed by atoms with E-state index in [4.69, 9.17) is 4.74 Å². The fraction of sp³-hybridized carbons (Fsp3) is 0.407. The van der Waals surface area contributed by atoms with Crippen molar-refractivity contribution in [1.82, 2.24) is 4.98 Å². The van der Waals surface area contributed by atoms with Crippen LogP contribution in [-0.2, 0) is 25.5 Å². The van der Waals surface area contributed by atoms with Crippen molar-refractivity contribution < 1.29 is 19.1 Å². The van der Waals surface area contributed by atoms with E-state index >= 15 is 0 Å². The first-order chi connectivity index (χ1) is 16.5. The first-order valence-electron chi connectivity index (χ1n) is 11.9. The number of rotatable bonds is 6. The molecule has 2 saturated carbocycles. The summed E-state index contributed by atoms with van der Waals surface area (Å²) in [6.45, 7) is 1.59. The molecule has 3 aromatic rings. The number of nitrogens with zero attached hydrogens (tertiary/aromatic N) is 1. The van der Waals surface area contributed by atoms with Gasteiger partial charge in [0.25, 0.3) is 5.91 Å². The SMILES string of the molecule is C[C@@H](OC(=O)C1C[C@H]2CCC[C@@H](C1)C2=O)C(=O)Nc1ccc(Cc2nc3ccccc3s2)cc1. The van der Waals surface area contributed by atoms with Gasteiger partial charge in [0.15, 0.2) is 6.10 Å². The minimum absolute atomic E-state index is 0.0181. The standard InChI is InChI=1S/C27H28N2O4S/c1-16(33-27(32)20-14-18-5-4-6-19(15-20)25(18)30)26(31)28-21-11-9-17(10-12-21)13-24-29-22-7-2-3-8-23(22)34-24/h2-3,7-12,16,18-20H,4-6,13-15H2,1H3,(H,28,31)/t16-,18-,19+,20?/m1/s1. The number of hydrogen-bond donors (Lipinski definition) is 1. The van der Waals surface area contributed by atoms with Crippen LogP contribution in [0.15, 0.2) is 48.5 Å². The van der Waals surface area contributed by atoms with E-state index in [2.05, 4.69) is 16.4 Å². The molecule has 6 nitrogen and oxygen atoms in total. The van der Waals surface area contributed by atoms with E-state index in [9.17, 15) is 14.4 Å². The average Bonchev–Trinajstić information content (AvgIpc) is 3.22. The van der Waals surface area contributed by atoms with E-state index in [-0.39, 0.29) is 29.6 Å². The van der Waals surface area contributed by atoms with E-state index < -0.39 is 6.10 Å². The molecule has 2 aliphatic rings. The second-order valence-corrected chi connectivity index (χ2v) is 10.5. The normalized spacial score (nSPS) is 22.9. The van der Waals surface area contributed by atoms with E-state index in [1.54, 1.807) is 18.3 Å². The molecular formula is C27H28N2O4S. The first kappa shape index (κ1) is 22.7. The molecule has 5 rings (SSSR count). The van der Waals surface area contributed by atoms with Crippen LogP contribution in [0.3, 0.4) is 0 Å². The van der Waals surface area contributed by atoms with Gasteiger partial charge >= 0.3 is 5.97 Å². The van der Waals surface area contributed by atoms with Crippen molar-refractivity contribution in [1.29, 1.82) is 0 Å². The average molecular weight is 477 g/mol. The van der Waals surface area contributed by atoms with Crippen LogP contribution < -0.4 is 5.32 Å². The molecule has 4 atom stereocenters. The molecule has 0 saturated heterocycles. The monoisotopic (exact) mass is 476 g/mol. The van der Waals surface area contributed by atoms with Gasteiger partial charge in [-0.1, -0.05) is 30.7 Å². The first-order valence-corrected chi connectivity index (χ1v) is 12.8. The molecule has 1 N–H and O–H groups in total. The smallest absolute Gasteiger partial charge is 0.309 e. The lowest BCUT2D eigenvalue weighted by atomic mass is 9.67. The summed E-state index contributed by atoms with van der Waals surface area (Å²) in [5.41, 5.74) is 2.77. The molecule has 0 spiro atoms. The maximum atomic E-state index is 12.7. The summed E-state index contributed by atoms with van der Waals surface area (Å²) in [5, 5.41) is 3.87. The summed E-state index contributed by atoms with van der Waals surface area (Å²) >= 11 is 1.69. The Kier molecular flexibility index (Phi) is 6.46. The molecule has 2 bridgehead atoms. The molecule has 1 amide bonds. The van der Waals surface area contributed by atoms with Gasteiger partial charge in [-0.2, -0.15) is 0 Å².